The number of nitrogens with zero attached hydrogens (tertiary/aromatic N) is 1. The summed E-state index contributed by atoms with van der Waals surface area (Å²) in [6.45, 7) is 6.91. The average molecular weight is 443 g/mol. The molecule has 0 spiro atoms. The van der Waals surface area contributed by atoms with Crippen molar-refractivity contribution in [3.8, 4) is 5.75 Å². The van der Waals surface area contributed by atoms with E-state index in [4.69, 9.17) is 9.47 Å². The first-order chi connectivity index (χ1) is 15.2. The van der Waals surface area contributed by atoms with Crippen LogP contribution in [-0.2, 0) is 20.7 Å². The van der Waals surface area contributed by atoms with Gasteiger partial charge in [-0.05, 0) is 47.4 Å². The molecule has 172 valence electrons. The van der Waals surface area contributed by atoms with Gasteiger partial charge < -0.3 is 19.7 Å². The van der Waals surface area contributed by atoms with Crippen LogP contribution in [0.2, 0.25) is 0 Å². The van der Waals surface area contributed by atoms with Gasteiger partial charge in [0.2, 0.25) is 5.91 Å². The minimum Gasteiger partial charge on any atom is -0.484 e. The predicted molar refractivity (Wildman–Crippen MR) is 120 cm³/mol. The van der Waals surface area contributed by atoms with E-state index in [0.717, 1.165) is 11.1 Å². The molecule has 2 amide bonds. The van der Waals surface area contributed by atoms with Crippen molar-refractivity contribution in [1.29, 1.82) is 0 Å². The van der Waals surface area contributed by atoms with Gasteiger partial charge in [-0.15, -0.1) is 0 Å². The van der Waals surface area contributed by atoms with Gasteiger partial charge in [-0.1, -0.05) is 39.0 Å². The van der Waals surface area contributed by atoms with Crippen molar-refractivity contribution in [2.45, 2.75) is 33.2 Å². The highest BCUT2D eigenvalue weighted by Gasteiger charge is 2.37. The zero-order valence-electron chi connectivity index (χ0n) is 19.1. The first-order valence-electron chi connectivity index (χ1n) is 10.8. The number of amides is 2. The van der Waals surface area contributed by atoms with Gasteiger partial charge in [0.15, 0.2) is 6.61 Å². The van der Waals surface area contributed by atoms with Gasteiger partial charge in [0.1, 0.15) is 11.6 Å². The van der Waals surface area contributed by atoms with Crippen LogP contribution >= 0.6 is 0 Å². The Balaban J connectivity index is 1.91. The quantitative estimate of drug-likeness (QED) is 0.667. The van der Waals surface area contributed by atoms with Gasteiger partial charge >= 0.3 is 0 Å². The van der Waals surface area contributed by atoms with Crippen LogP contribution in [0.1, 0.15) is 43.5 Å². The molecule has 3 rings (SSSR count). The number of carbonyl (C=O) groups excluding carboxylic acids is 2. The van der Waals surface area contributed by atoms with Gasteiger partial charge in [-0.2, -0.15) is 0 Å². The number of carbonyl (C=O) groups is 2. The number of halogens is 1. The topological polar surface area (TPSA) is 67.9 Å². The van der Waals surface area contributed by atoms with E-state index in [1.54, 1.807) is 13.2 Å². The molecule has 0 fully saturated rings. The lowest BCUT2D eigenvalue weighted by Gasteiger charge is -2.41. The lowest BCUT2D eigenvalue weighted by atomic mass is 9.85. The summed E-state index contributed by atoms with van der Waals surface area (Å²) in [6, 6.07) is 11.6. The molecular weight excluding hydrogens is 411 g/mol. The molecule has 7 heteroatoms. The molecule has 6 nitrogen and oxygen atoms in total. The van der Waals surface area contributed by atoms with Crippen molar-refractivity contribution in [3.05, 3.63) is 65.0 Å². The van der Waals surface area contributed by atoms with Crippen LogP contribution < -0.4 is 10.1 Å². The molecule has 0 bridgehead atoms. The molecule has 0 saturated heterocycles. The van der Waals surface area contributed by atoms with Gasteiger partial charge in [-0.3, -0.25) is 9.59 Å². The molecule has 1 atom stereocenters. The Bertz CT molecular complexity index is 971. The maximum Gasteiger partial charge on any atom is 0.258 e. The van der Waals surface area contributed by atoms with E-state index in [-0.39, 0.29) is 24.2 Å². The molecule has 0 radical (unpaired) electrons. The van der Waals surface area contributed by atoms with Crippen molar-refractivity contribution in [2.75, 3.05) is 33.4 Å². The van der Waals surface area contributed by atoms with Crippen LogP contribution in [0.3, 0.4) is 0 Å². The second-order valence-corrected chi connectivity index (χ2v) is 8.95. The van der Waals surface area contributed by atoms with Crippen LogP contribution in [0.25, 0.3) is 0 Å². The molecule has 0 aliphatic carbocycles. The highest BCUT2D eigenvalue weighted by Crippen LogP contribution is 2.39. The zero-order valence-corrected chi connectivity index (χ0v) is 19.1. The Morgan fingerprint density at radius 3 is 2.66 bits per heavy atom. The maximum atomic E-state index is 14.1. The van der Waals surface area contributed by atoms with E-state index in [1.165, 1.54) is 12.1 Å². The second kappa shape index (κ2) is 10.1. The lowest BCUT2D eigenvalue weighted by Crippen LogP contribution is -2.45. The minimum absolute atomic E-state index is 0.00116. The molecule has 0 aromatic heterocycles. The normalized spacial score (nSPS) is 15.8. The third-order valence-electron chi connectivity index (χ3n) is 5.41. The first-order valence-corrected chi connectivity index (χ1v) is 10.8. The van der Waals surface area contributed by atoms with Gasteiger partial charge in [0, 0.05) is 25.6 Å². The molecule has 0 unspecified atom stereocenters. The standard InChI is InChI=1S/C25H31FN2O4/c1-25(2,3)24(30)28-12-10-17-8-9-20(32-16-22(29)27-11-13-31-4)15-21(17)23(28)18-6-5-7-19(26)14-18/h5-9,14-15,23H,10-13,16H2,1-4H3,(H,27,29)/t23-/m1/s1. The second-order valence-electron chi connectivity index (χ2n) is 8.95. The molecule has 1 aliphatic heterocycles. The fraction of sp³-hybridized carbons (Fsp3) is 0.440. The first kappa shape index (κ1) is 23.7. The summed E-state index contributed by atoms with van der Waals surface area (Å²) in [5, 5.41) is 2.71. The molecular formula is C25H31FN2O4. The Morgan fingerprint density at radius 2 is 1.97 bits per heavy atom. The molecule has 1 aliphatic rings. The van der Waals surface area contributed by atoms with Crippen LogP contribution in [0.5, 0.6) is 5.75 Å². The smallest absolute Gasteiger partial charge is 0.258 e. The van der Waals surface area contributed by atoms with E-state index in [2.05, 4.69) is 5.32 Å². The van der Waals surface area contributed by atoms with Crippen molar-refractivity contribution in [2.24, 2.45) is 5.41 Å². The highest BCUT2D eigenvalue weighted by atomic mass is 19.1. The van der Waals surface area contributed by atoms with Gasteiger partial charge in [0.25, 0.3) is 5.91 Å². The Morgan fingerprint density at radius 1 is 1.19 bits per heavy atom. The Hall–Kier alpha value is -2.93. The number of methoxy groups -OCH3 is 1. The van der Waals surface area contributed by atoms with E-state index in [1.807, 2.05) is 49.9 Å². The predicted octanol–water partition coefficient (Wildman–Crippen LogP) is 3.49. The molecule has 1 heterocycles. The van der Waals surface area contributed by atoms with Crippen LogP contribution in [-0.4, -0.2) is 50.1 Å². The Labute approximate surface area is 188 Å². The summed E-state index contributed by atoms with van der Waals surface area (Å²) in [7, 11) is 1.57. The lowest BCUT2D eigenvalue weighted by molar-refractivity contribution is -0.141. The molecule has 2 aromatic rings. The third-order valence-corrected chi connectivity index (χ3v) is 5.41. The summed E-state index contributed by atoms with van der Waals surface area (Å²) >= 11 is 0. The highest BCUT2D eigenvalue weighted by molar-refractivity contribution is 5.83. The molecule has 0 saturated carbocycles. The van der Waals surface area contributed by atoms with E-state index in [9.17, 15) is 14.0 Å². The van der Waals surface area contributed by atoms with Crippen molar-refractivity contribution < 1.29 is 23.5 Å². The summed E-state index contributed by atoms with van der Waals surface area (Å²) < 4.78 is 24.7. The fourth-order valence-electron chi connectivity index (χ4n) is 3.86. The summed E-state index contributed by atoms with van der Waals surface area (Å²) in [4.78, 5) is 27.0. The number of hydrogen-bond acceptors (Lipinski definition) is 4. The third kappa shape index (κ3) is 5.65. The van der Waals surface area contributed by atoms with E-state index < -0.39 is 11.5 Å². The van der Waals surface area contributed by atoms with Crippen molar-refractivity contribution in [1.82, 2.24) is 10.2 Å². The average Bonchev–Trinajstić information content (AvgIpc) is 2.75. The molecule has 32 heavy (non-hydrogen) atoms. The monoisotopic (exact) mass is 442 g/mol. The minimum atomic E-state index is -0.572. The summed E-state index contributed by atoms with van der Waals surface area (Å²) in [6.07, 6.45) is 0.695. The summed E-state index contributed by atoms with van der Waals surface area (Å²) in [5.74, 6) is -0.0674. The van der Waals surface area contributed by atoms with Gasteiger partial charge in [0.05, 0.1) is 12.6 Å². The van der Waals surface area contributed by atoms with Crippen LogP contribution in [0.15, 0.2) is 42.5 Å². The Kier molecular flexibility index (Phi) is 7.51. The number of rotatable bonds is 7. The number of fused-ring (bicyclic) bond motifs is 1. The van der Waals surface area contributed by atoms with Crippen molar-refractivity contribution >= 4 is 11.8 Å². The number of benzene rings is 2. The van der Waals surface area contributed by atoms with E-state index in [0.29, 0.717) is 37.4 Å². The van der Waals surface area contributed by atoms with Crippen molar-refractivity contribution in [3.63, 3.8) is 0 Å². The maximum absolute atomic E-state index is 14.1. The number of nitrogens with one attached hydrogen (secondary N) is 1. The molecule has 2 aromatic carbocycles. The van der Waals surface area contributed by atoms with Gasteiger partial charge in [-0.25, -0.2) is 4.39 Å². The zero-order chi connectivity index (χ0) is 23.3. The SMILES string of the molecule is COCCNC(=O)COc1ccc2c(c1)[C@@H](c1cccc(F)c1)N(C(=O)C(C)(C)C)CC2. The largest absolute Gasteiger partial charge is 0.484 e. The number of ether oxygens (including phenoxy) is 2. The molecule has 1 N–H and O–H groups in total. The fourth-order valence-corrected chi connectivity index (χ4v) is 3.86. The van der Waals surface area contributed by atoms with E-state index >= 15 is 0 Å². The number of hydrogen-bond donors (Lipinski definition) is 1. The summed E-state index contributed by atoms with van der Waals surface area (Å²) in [5.41, 5.74) is 2.10. The van der Waals surface area contributed by atoms with Crippen LogP contribution in [0.4, 0.5) is 4.39 Å². The van der Waals surface area contributed by atoms with Crippen LogP contribution in [0, 0.1) is 11.2 Å².